The second-order valence-electron chi connectivity index (χ2n) is 3.25. The van der Waals surface area contributed by atoms with E-state index in [0.29, 0.717) is 5.69 Å². The number of phenolic OH excluding ortho intramolecular Hbond substituents is 1. The summed E-state index contributed by atoms with van der Waals surface area (Å²) < 4.78 is 0. The number of hydrogen-bond acceptors (Lipinski definition) is 3. The zero-order valence-corrected chi connectivity index (χ0v) is 6.75. The fourth-order valence-electron chi connectivity index (χ4n) is 1.76. The molecule has 1 atom stereocenters. The van der Waals surface area contributed by atoms with Crippen molar-refractivity contribution in [3.05, 3.63) is 23.3 Å². The summed E-state index contributed by atoms with van der Waals surface area (Å²) >= 11 is 0. The second-order valence-corrected chi connectivity index (χ2v) is 3.25. The van der Waals surface area contributed by atoms with Gasteiger partial charge in [-0.1, -0.05) is 0 Å². The van der Waals surface area contributed by atoms with E-state index in [9.17, 15) is 5.11 Å². The van der Waals surface area contributed by atoms with Crippen LogP contribution in [0.4, 0.5) is 5.69 Å². The van der Waals surface area contributed by atoms with E-state index in [1.807, 2.05) is 6.07 Å². The molecule has 2 rings (SSSR count). The first kappa shape index (κ1) is 7.43. The minimum atomic E-state index is 0.0504. The Kier molecular flexibility index (Phi) is 1.48. The van der Waals surface area contributed by atoms with Crippen molar-refractivity contribution >= 4 is 5.69 Å². The molecule has 0 heterocycles. The van der Waals surface area contributed by atoms with E-state index in [-0.39, 0.29) is 11.8 Å². The standard InChI is InChI=1S/C9H12N2O/c10-5-3-7-6(9(12)4-5)1-2-8(7)11/h3-4,8,12H,1-2,10-11H2/t8-/m0/s1. The van der Waals surface area contributed by atoms with E-state index in [0.717, 1.165) is 24.0 Å². The molecule has 0 aromatic heterocycles. The van der Waals surface area contributed by atoms with Gasteiger partial charge in [-0.2, -0.15) is 0 Å². The number of hydrogen-bond donors (Lipinski definition) is 3. The highest BCUT2D eigenvalue weighted by molar-refractivity contribution is 5.55. The summed E-state index contributed by atoms with van der Waals surface area (Å²) in [5, 5.41) is 9.49. The van der Waals surface area contributed by atoms with Gasteiger partial charge < -0.3 is 16.6 Å². The third-order valence-corrected chi connectivity index (χ3v) is 2.39. The van der Waals surface area contributed by atoms with Crippen molar-refractivity contribution in [2.45, 2.75) is 18.9 Å². The number of nitrogen functional groups attached to an aromatic ring is 1. The summed E-state index contributed by atoms with van der Waals surface area (Å²) in [7, 11) is 0. The van der Waals surface area contributed by atoms with Gasteiger partial charge in [0.15, 0.2) is 0 Å². The van der Waals surface area contributed by atoms with E-state index in [1.165, 1.54) is 0 Å². The lowest BCUT2D eigenvalue weighted by Gasteiger charge is -2.06. The van der Waals surface area contributed by atoms with Crippen molar-refractivity contribution in [3.8, 4) is 5.75 Å². The van der Waals surface area contributed by atoms with Gasteiger partial charge in [0.25, 0.3) is 0 Å². The Hall–Kier alpha value is -1.22. The summed E-state index contributed by atoms with van der Waals surface area (Å²) in [5.41, 5.74) is 14.0. The minimum absolute atomic E-state index is 0.0504. The fraction of sp³-hybridized carbons (Fsp3) is 0.333. The molecule has 3 heteroatoms. The number of nitrogens with two attached hydrogens (primary N) is 2. The van der Waals surface area contributed by atoms with Crippen molar-refractivity contribution in [3.63, 3.8) is 0 Å². The predicted octanol–water partition coefficient (Wildman–Crippen LogP) is 0.920. The number of rotatable bonds is 0. The molecule has 0 fully saturated rings. The van der Waals surface area contributed by atoms with Crippen molar-refractivity contribution in [1.29, 1.82) is 0 Å². The maximum atomic E-state index is 9.49. The lowest BCUT2D eigenvalue weighted by Crippen LogP contribution is -2.05. The number of anilines is 1. The minimum Gasteiger partial charge on any atom is -0.508 e. The third kappa shape index (κ3) is 0.940. The van der Waals surface area contributed by atoms with Gasteiger partial charge >= 0.3 is 0 Å². The van der Waals surface area contributed by atoms with Crippen LogP contribution in [0.25, 0.3) is 0 Å². The van der Waals surface area contributed by atoms with Crippen LogP contribution in [0.15, 0.2) is 12.1 Å². The summed E-state index contributed by atoms with van der Waals surface area (Å²) in [6.45, 7) is 0. The largest absolute Gasteiger partial charge is 0.508 e. The Morgan fingerprint density at radius 1 is 1.42 bits per heavy atom. The number of fused-ring (bicyclic) bond motifs is 1. The average molecular weight is 164 g/mol. The highest BCUT2D eigenvalue weighted by Crippen LogP contribution is 2.36. The smallest absolute Gasteiger partial charge is 0.121 e. The van der Waals surface area contributed by atoms with Crippen LogP contribution in [-0.4, -0.2) is 5.11 Å². The highest BCUT2D eigenvalue weighted by atomic mass is 16.3. The molecule has 1 aliphatic carbocycles. The van der Waals surface area contributed by atoms with Crippen LogP contribution in [0, 0.1) is 0 Å². The van der Waals surface area contributed by atoms with Gasteiger partial charge in [0, 0.05) is 17.8 Å². The van der Waals surface area contributed by atoms with E-state index < -0.39 is 0 Å². The molecule has 0 radical (unpaired) electrons. The maximum Gasteiger partial charge on any atom is 0.121 e. The molecular formula is C9H12N2O. The number of aromatic hydroxyl groups is 1. The molecule has 1 aliphatic rings. The van der Waals surface area contributed by atoms with Crippen LogP contribution < -0.4 is 11.5 Å². The van der Waals surface area contributed by atoms with Crippen LogP contribution in [0.2, 0.25) is 0 Å². The quantitative estimate of drug-likeness (QED) is 0.499. The zero-order chi connectivity index (χ0) is 8.72. The van der Waals surface area contributed by atoms with Crippen LogP contribution in [0.5, 0.6) is 5.75 Å². The van der Waals surface area contributed by atoms with Gasteiger partial charge in [0.05, 0.1) is 0 Å². The summed E-state index contributed by atoms with van der Waals surface area (Å²) in [5.74, 6) is 0.290. The van der Waals surface area contributed by atoms with Gasteiger partial charge in [-0.15, -0.1) is 0 Å². The van der Waals surface area contributed by atoms with Crippen LogP contribution in [0.3, 0.4) is 0 Å². The fourth-order valence-corrected chi connectivity index (χ4v) is 1.76. The molecule has 3 nitrogen and oxygen atoms in total. The molecule has 1 aromatic rings. The van der Waals surface area contributed by atoms with Crippen LogP contribution >= 0.6 is 0 Å². The molecule has 0 saturated heterocycles. The van der Waals surface area contributed by atoms with Crippen molar-refractivity contribution in [2.75, 3.05) is 5.73 Å². The first-order chi connectivity index (χ1) is 5.68. The lowest BCUT2D eigenvalue weighted by atomic mass is 10.1. The first-order valence-electron chi connectivity index (χ1n) is 4.05. The average Bonchev–Trinajstić information content (AvgIpc) is 2.33. The molecule has 0 unspecified atom stereocenters. The Labute approximate surface area is 71.0 Å². The highest BCUT2D eigenvalue weighted by Gasteiger charge is 2.21. The monoisotopic (exact) mass is 164 g/mol. The molecule has 0 saturated carbocycles. The van der Waals surface area contributed by atoms with Crippen molar-refractivity contribution in [1.82, 2.24) is 0 Å². The SMILES string of the molecule is Nc1cc(O)c2c(c1)[C@@H](N)CC2. The lowest BCUT2D eigenvalue weighted by molar-refractivity contribution is 0.469. The van der Waals surface area contributed by atoms with Gasteiger partial charge in [-0.05, 0) is 30.0 Å². The van der Waals surface area contributed by atoms with E-state index >= 15 is 0 Å². The molecule has 1 aromatic carbocycles. The van der Waals surface area contributed by atoms with Crippen molar-refractivity contribution in [2.24, 2.45) is 5.73 Å². The predicted molar refractivity (Wildman–Crippen MR) is 47.8 cm³/mol. The zero-order valence-electron chi connectivity index (χ0n) is 6.75. The number of benzene rings is 1. The molecule has 64 valence electrons. The number of phenols is 1. The van der Waals surface area contributed by atoms with E-state index in [4.69, 9.17) is 11.5 Å². The van der Waals surface area contributed by atoms with Crippen LogP contribution in [0.1, 0.15) is 23.6 Å². The Bertz CT molecular complexity index is 323. The molecular weight excluding hydrogens is 152 g/mol. The van der Waals surface area contributed by atoms with Gasteiger partial charge in [-0.3, -0.25) is 0 Å². The normalized spacial score (nSPS) is 20.9. The third-order valence-electron chi connectivity index (χ3n) is 2.39. The second kappa shape index (κ2) is 2.38. The van der Waals surface area contributed by atoms with Crippen LogP contribution in [-0.2, 0) is 6.42 Å². The van der Waals surface area contributed by atoms with E-state index in [1.54, 1.807) is 6.07 Å². The topological polar surface area (TPSA) is 72.3 Å². The molecule has 0 amide bonds. The molecule has 0 aliphatic heterocycles. The maximum absolute atomic E-state index is 9.49. The molecule has 0 bridgehead atoms. The molecule has 5 N–H and O–H groups in total. The Balaban J connectivity index is 2.60. The van der Waals surface area contributed by atoms with Crippen molar-refractivity contribution < 1.29 is 5.11 Å². The summed E-state index contributed by atoms with van der Waals surface area (Å²) in [6.07, 6.45) is 1.77. The summed E-state index contributed by atoms with van der Waals surface area (Å²) in [6, 6.07) is 3.48. The van der Waals surface area contributed by atoms with Gasteiger partial charge in [0.1, 0.15) is 5.75 Å². The molecule has 0 spiro atoms. The first-order valence-corrected chi connectivity index (χ1v) is 4.05. The molecule has 12 heavy (non-hydrogen) atoms. The van der Waals surface area contributed by atoms with Gasteiger partial charge in [0.2, 0.25) is 0 Å². The summed E-state index contributed by atoms with van der Waals surface area (Å²) in [4.78, 5) is 0. The Morgan fingerprint density at radius 2 is 2.17 bits per heavy atom. The van der Waals surface area contributed by atoms with E-state index in [2.05, 4.69) is 0 Å². The Morgan fingerprint density at radius 3 is 2.92 bits per heavy atom. The van der Waals surface area contributed by atoms with Gasteiger partial charge in [-0.25, -0.2) is 0 Å².